The highest BCUT2D eigenvalue weighted by Crippen LogP contribution is 2.26. The molecule has 0 aliphatic heterocycles. The van der Waals surface area contributed by atoms with E-state index in [0.717, 1.165) is 11.8 Å². The molecule has 8 nitrogen and oxygen atoms in total. The molecule has 3 aromatic rings. The number of halogens is 2. The van der Waals surface area contributed by atoms with E-state index in [-0.39, 0.29) is 39.6 Å². The van der Waals surface area contributed by atoms with Gasteiger partial charge in [0.1, 0.15) is 5.75 Å². The maximum absolute atomic E-state index is 12.2. The number of nitrogens with zero attached hydrogens (tertiary/aromatic N) is 3. The Morgan fingerprint density at radius 1 is 1.21 bits per heavy atom. The van der Waals surface area contributed by atoms with Gasteiger partial charge >= 0.3 is 6.61 Å². The highest BCUT2D eigenvalue weighted by molar-refractivity contribution is 7.99. The standard InChI is InChI=1S/C17H11F2N3O5S/c18-16(19)26-13-6-4-10(5-7-13)15-20-21-17(27-15)28-9-14(23)11-2-1-3-12(8-11)22(24)25/h1-8,16H,9H2. The van der Waals surface area contributed by atoms with Crippen LogP contribution in [-0.2, 0) is 0 Å². The Kier molecular flexibility index (Phi) is 5.94. The summed E-state index contributed by atoms with van der Waals surface area (Å²) in [5, 5.41) is 18.6. The molecule has 144 valence electrons. The summed E-state index contributed by atoms with van der Waals surface area (Å²) < 4.78 is 34.0. The van der Waals surface area contributed by atoms with Crippen molar-refractivity contribution in [1.82, 2.24) is 10.2 Å². The van der Waals surface area contributed by atoms with E-state index >= 15 is 0 Å². The minimum atomic E-state index is -2.92. The lowest BCUT2D eigenvalue weighted by atomic mass is 10.1. The van der Waals surface area contributed by atoms with E-state index in [1.54, 1.807) is 0 Å². The summed E-state index contributed by atoms with van der Waals surface area (Å²) in [6.45, 7) is -2.92. The van der Waals surface area contributed by atoms with Gasteiger partial charge in [-0.1, -0.05) is 23.9 Å². The van der Waals surface area contributed by atoms with E-state index < -0.39 is 11.5 Å². The van der Waals surface area contributed by atoms with Crippen molar-refractivity contribution in [2.45, 2.75) is 11.8 Å². The number of thioether (sulfide) groups is 1. The molecule has 1 heterocycles. The van der Waals surface area contributed by atoms with Gasteiger partial charge in [0.2, 0.25) is 5.89 Å². The fourth-order valence-corrected chi connectivity index (χ4v) is 2.82. The number of nitro benzene ring substituents is 1. The first kappa shape index (κ1) is 19.4. The van der Waals surface area contributed by atoms with Crippen LogP contribution in [0.2, 0.25) is 0 Å². The van der Waals surface area contributed by atoms with Gasteiger partial charge in [-0.15, -0.1) is 10.2 Å². The molecule has 0 radical (unpaired) electrons. The molecule has 0 unspecified atom stereocenters. The largest absolute Gasteiger partial charge is 0.435 e. The van der Waals surface area contributed by atoms with E-state index in [0.29, 0.717) is 5.56 Å². The van der Waals surface area contributed by atoms with Crippen LogP contribution in [0.1, 0.15) is 10.4 Å². The average molecular weight is 407 g/mol. The molecule has 28 heavy (non-hydrogen) atoms. The van der Waals surface area contributed by atoms with Crippen LogP contribution in [0.3, 0.4) is 0 Å². The second kappa shape index (κ2) is 8.57. The molecule has 0 aliphatic carbocycles. The number of alkyl halides is 2. The summed E-state index contributed by atoms with van der Waals surface area (Å²) in [6.07, 6.45) is 0. The molecule has 0 fully saturated rings. The quantitative estimate of drug-likeness (QED) is 0.236. The molecule has 0 aliphatic rings. The summed E-state index contributed by atoms with van der Waals surface area (Å²) >= 11 is 0.981. The number of ketones is 1. The molecule has 3 rings (SSSR count). The summed E-state index contributed by atoms with van der Waals surface area (Å²) in [4.78, 5) is 22.4. The van der Waals surface area contributed by atoms with Gasteiger partial charge in [-0.2, -0.15) is 8.78 Å². The van der Waals surface area contributed by atoms with E-state index in [4.69, 9.17) is 4.42 Å². The van der Waals surface area contributed by atoms with Gasteiger partial charge in [0.25, 0.3) is 10.9 Å². The highest BCUT2D eigenvalue weighted by atomic mass is 32.2. The number of carbonyl (C=O) groups excluding carboxylic acids is 1. The van der Waals surface area contributed by atoms with Gasteiger partial charge in [0.05, 0.1) is 10.7 Å². The van der Waals surface area contributed by atoms with Gasteiger partial charge in [-0.3, -0.25) is 14.9 Å². The van der Waals surface area contributed by atoms with Crippen molar-refractivity contribution >= 4 is 23.2 Å². The Morgan fingerprint density at radius 3 is 2.64 bits per heavy atom. The molecular formula is C17H11F2N3O5S. The summed E-state index contributed by atoms with van der Waals surface area (Å²) in [5.74, 6) is -0.240. The molecule has 2 aromatic carbocycles. The fourth-order valence-electron chi connectivity index (χ4n) is 2.17. The van der Waals surface area contributed by atoms with Crippen molar-refractivity contribution in [2.75, 3.05) is 5.75 Å². The second-order valence-electron chi connectivity index (χ2n) is 5.30. The summed E-state index contributed by atoms with van der Waals surface area (Å²) in [6, 6.07) is 11.0. The molecule has 0 N–H and O–H groups in total. The number of hydrogen-bond acceptors (Lipinski definition) is 8. The maximum atomic E-state index is 12.2. The molecule has 0 saturated heterocycles. The van der Waals surface area contributed by atoms with Crippen molar-refractivity contribution in [3.05, 3.63) is 64.2 Å². The molecular weight excluding hydrogens is 396 g/mol. The Labute approximate surface area is 160 Å². The normalized spacial score (nSPS) is 10.8. The van der Waals surface area contributed by atoms with Gasteiger partial charge in [-0.25, -0.2) is 0 Å². The number of carbonyl (C=O) groups is 1. The van der Waals surface area contributed by atoms with Crippen LogP contribution in [0.15, 0.2) is 58.2 Å². The van der Waals surface area contributed by atoms with Crippen molar-refractivity contribution in [2.24, 2.45) is 0 Å². The zero-order valence-corrected chi connectivity index (χ0v) is 14.8. The Morgan fingerprint density at radius 2 is 1.96 bits per heavy atom. The third kappa shape index (κ3) is 4.88. The van der Waals surface area contributed by atoms with Gasteiger partial charge in [0, 0.05) is 23.3 Å². The first-order valence-electron chi connectivity index (χ1n) is 7.71. The predicted molar refractivity (Wildman–Crippen MR) is 94.5 cm³/mol. The third-order valence-corrected chi connectivity index (χ3v) is 4.26. The van der Waals surface area contributed by atoms with Crippen LogP contribution < -0.4 is 4.74 Å². The number of Topliss-reactive ketones (excluding diaryl/α,β-unsaturated/α-hetero) is 1. The smallest absolute Gasteiger partial charge is 0.387 e. The molecule has 0 saturated carbocycles. The van der Waals surface area contributed by atoms with Gasteiger partial charge in [-0.05, 0) is 24.3 Å². The summed E-state index contributed by atoms with van der Waals surface area (Å²) in [7, 11) is 0. The van der Waals surface area contributed by atoms with Crippen LogP contribution >= 0.6 is 11.8 Å². The number of rotatable bonds is 8. The number of benzene rings is 2. The molecule has 0 spiro atoms. The van der Waals surface area contributed by atoms with Crippen LogP contribution in [-0.4, -0.2) is 33.3 Å². The summed E-state index contributed by atoms with van der Waals surface area (Å²) in [5.41, 5.74) is 0.525. The lowest BCUT2D eigenvalue weighted by Gasteiger charge is -2.03. The SMILES string of the molecule is O=C(CSc1nnc(-c2ccc(OC(F)F)cc2)o1)c1cccc([N+](=O)[O-])c1. The Bertz CT molecular complexity index is 994. The Balaban J connectivity index is 1.62. The first-order chi connectivity index (χ1) is 13.4. The molecule has 0 atom stereocenters. The monoisotopic (exact) mass is 407 g/mol. The number of non-ortho nitro benzene ring substituents is 1. The van der Waals surface area contributed by atoms with Gasteiger partial charge in [0.15, 0.2) is 5.78 Å². The van der Waals surface area contributed by atoms with E-state index in [9.17, 15) is 23.7 Å². The maximum Gasteiger partial charge on any atom is 0.387 e. The number of hydrogen-bond donors (Lipinski definition) is 0. The lowest BCUT2D eigenvalue weighted by Crippen LogP contribution is -2.03. The third-order valence-electron chi connectivity index (χ3n) is 3.44. The zero-order chi connectivity index (χ0) is 20.1. The molecule has 0 bridgehead atoms. The van der Waals surface area contributed by atoms with Gasteiger partial charge < -0.3 is 9.15 Å². The van der Waals surface area contributed by atoms with E-state index in [1.807, 2.05) is 0 Å². The minimum absolute atomic E-state index is 0.00425. The molecule has 0 amide bonds. The van der Waals surface area contributed by atoms with Crippen LogP contribution in [0.4, 0.5) is 14.5 Å². The number of ether oxygens (including phenoxy) is 1. The minimum Gasteiger partial charge on any atom is -0.435 e. The topological polar surface area (TPSA) is 108 Å². The lowest BCUT2D eigenvalue weighted by molar-refractivity contribution is -0.384. The van der Waals surface area contributed by atoms with Crippen molar-refractivity contribution in [3.8, 4) is 17.2 Å². The van der Waals surface area contributed by atoms with Crippen molar-refractivity contribution < 1.29 is 27.7 Å². The van der Waals surface area contributed by atoms with E-state index in [2.05, 4.69) is 14.9 Å². The fraction of sp³-hybridized carbons (Fsp3) is 0.118. The van der Waals surface area contributed by atoms with Crippen molar-refractivity contribution in [3.63, 3.8) is 0 Å². The first-order valence-corrected chi connectivity index (χ1v) is 8.70. The van der Waals surface area contributed by atoms with Crippen LogP contribution in [0.25, 0.3) is 11.5 Å². The van der Waals surface area contributed by atoms with Crippen LogP contribution in [0, 0.1) is 10.1 Å². The number of aromatic nitrogens is 2. The molecule has 1 aromatic heterocycles. The molecule has 11 heteroatoms. The predicted octanol–water partition coefficient (Wildman–Crippen LogP) is 4.22. The second-order valence-corrected chi connectivity index (χ2v) is 6.22. The zero-order valence-electron chi connectivity index (χ0n) is 14.0. The number of nitro groups is 1. The average Bonchev–Trinajstić information content (AvgIpc) is 3.15. The Hall–Kier alpha value is -3.34. The van der Waals surface area contributed by atoms with Crippen molar-refractivity contribution in [1.29, 1.82) is 0 Å². The van der Waals surface area contributed by atoms with E-state index in [1.165, 1.54) is 48.5 Å². The van der Waals surface area contributed by atoms with Crippen LogP contribution in [0.5, 0.6) is 5.75 Å². The highest BCUT2D eigenvalue weighted by Gasteiger charge is 2.15.